The van der Waals surface area contributed by atoms with Crippen LogP contribution in [0.4, 0.5) is 5.82 Å². The molecule has 1 amide bonds. The molecule has 1 atom stereocenters. The second-order valence-electron chi connectivity index (χ2n) is 9.68. The van der Waals surface area contributed by atoms with E-state index < -0.39 is 0 Å². The molecule has 38 heavy (non-hydrogen) atoms. The minimum absolute atomic E-state index is 0.144. The van der Waals surface area contributed by atoms with E-state index in [0.29, 0.717) is 23.0 Å². The maximum atomic E-state index is 10.0. The molecule has 0 unspecified atom stereocenters. The van der Waals surface area contributed by atoms with Gasteiger partial charge in [0, 0.05) is 76.0 Å². The quantitative estimate of drug-likeness (QED) is 0.365. The number of nitrogens with two attached hydrogens (primary N) is 2. The number of carbonyl (C=O) groups excluding carboxylic acids is 1. The van der Waals surface area contributed by atoms with Crippen LogP contribution in [0.5, 0.6) is 5.75 Å². The number of likely N-dealkylation sites (N-methyl/N-ethyl adjacent to an activating group) is 2. The van der Waals surface area contributed by atoms with Gasteiger partial charge in [-0.2, -0.15) is 0 Å². The minimum atomic E-state index is -0.144. The number of rotatable bonds is 6. The van der Waals surface area contributed by atoms with Crippen molar-refractivity contribution in [2.24, 2.45) is 5.73 Å². The molecular weight excluding hydrogens is 480 g/mol. The van der Waals surface area contributed by atoms with Crippen LogP contribution in [0.2, 0.25) is 0 Å². The Morgan fingerprint density at radius 1 is 1.21 bits per heavy atom. The first-order valence-electron chi connectivity index (χ1n) is 13.3. The van der Waals surface area contributed by atoms with E-state index >= 15 is 0 Å². The molecule has 1 aromatic carbocycles. The van der Waals surface area contributed by atoms with E-state index in [1.807, 2.05) is 18.3 Å². The average Bonchev–Trinajstić information content (AvgIpc) is 3.31. The molecule has 4 rings (SSSR count). The van der Waals surface area contributed by atoms with E-state index in [-0.39, 0.29) is 11.7 Å². The number of para-hydroxylation sites is 1. The average molecular weight is 527 g/mol. The summed E-state index contributed by atoms with van der Waals surface area (Å²) in [6.07, 6.45) is 8.98. The predicted molar refractivity (Wildman–Crippen MR) is 157 cm³/mol. The standard InChI is InChI=1S/C20H29N5O.C5H10O.C4H7NO/c1-14(13-25-9-7-24(2)8-10-25)17-12-23-20(22)16(17)11-18(21)15-5-3-4-6-19(15)26;1-2-4-6-5-3-1;1-3-4(6)5-2/h3-6,11-12,14,23,26H,7-10,13,21-22H2,1-2H3;1-5H2;3H,1H2,2H3,(H,5,6)/b18-11-;;/t14-;;/m1../s1. The Morgan fingerprint density at radius 3 is 2.37 bits per heavy atom. The van der Waals surface area contributed by atoms with Crippen molar-refractivity contribution >= 4 is 23.5 Å². The number of hydrogen-bond donors (Lipinski definition) is 5. The smallest absolute Gasteiger partial charge is 0.243 e. The van der Waals surface area contributed by atoms with Crippen LogP contribution in [0, 0.1) is 0 Å². The Morgan fingerprint density at radius 2 is 1.87 bits per heavy atom. The van der Waals surface area contributed by atoms with Gasteiger partial charge in [0.1, 0.15) is 11.6 Å². The molecule has 9 nitrogen and oxygen atoms in total. The second kappa shape index (κ2) is 16.5. The number of nitrogens with one attached hydrogen (secondary N) is 2. The Balaban J connectivity index is 0.000000348. The van der Waals surface area contributed by atoms with Crippen molar-refractivity contribution in [3.8, 4) is 5.75 Å². The number of piperazine rings is 1. The van der Waals surface area contributed by atoms with Gasteiger partial charge >= 0.3 is 0 Å². The van der Waals surface area contributed by atoms with Crippen LogP contribution < -0.4 is 16.8 Å². The molecule has 0 bridgehead atoms. The first-order chi connectivity index (χ1) is 18.3. The van der Waals surface area contributed by atoms with Crippen molar-refractivity contribution in [1.82, 2.24) is 20.1 Å². The molecule has 0 spiro atoms. The first-order valence-corrected chi connectivity index (χ1v) is 13.3. The van der Waals surface area contributed by atoms with Crippen molar-refractivity contribution in [2.75, 3.05) is 65.8 Å². The van der Waals surface area contributed by atoms with Crippen LogP contribution in [0.15, 0.2) is 43.1 Å². The fourth-order valence-corrected chi connectivity index (χ4v) is 4.29. The molecule has 7 N–H and O–H groups in total. The summed E-state index contributed by atoms with van der Waals surface area (Å²) in [6, 6.07) is 7.07. The summed E-state index contributed by atoms with van der Waals surface area (Å²) in [5, 5.41) is 12.4. The SMILES string of the molecule is C1CCOCC1.C=CC(=O)NC.C[C@H](CN1CCN(C)CC1)c1c[nH]c(N)c1/C=C(\N)c1ccccc1O. The summed E-state index contributed by atoms with van der Waals surface area (Å²) in [6.45, 7) is 12.8. The van der Waals surface area contributed by atoms with Crippen molar-refractivity contribution in [3.63, 3.8) is 0 Å². The number of aromatic amines is 1. The van der Waals surface area contributed by atoms with Crippen LogP contribution in [0.3, 0.4) is 0 Å². The molecular formula is C29H46N6O3. The van der Waals surface area contributed by atoms with E-state index in [4.69, 9.17) is 16.2 Å². The highest BCUT2D eigenvalue weighted by atomic mass is 16.5. The van der Waals surface area contributed by atoms with Crippen molar-refractivity contribution < 1.29 is 14.6 Å². The van der Waals surface area contributed by atoms with Crippen LogP contribution in [-0.4, -0.2) is 85.8 Å². The van der Waals surface area contributed by atoms with Crippen molar-refractivity contribution in [3.05, 3.63) is 59.8 Å². The van der Waals surface area contributed by atoms with Gasteiger partial charge in [0.15, 0.2) is 0 Å². The first kappa shape index (κ1) is 31.0. The number of aromatic nitrogens is 1. The van der Waals surface area contributed by atoms with Gasteiger partial charge in [-0.25, -0.2) is 0 Å². The van der Waals surface area contributed by atoms with Crippen molar-refractivity contribution in [2.45, 2.75) is 32.1 Å². The third-order valence-electron chi connectivity index (χ3n) is 6.67. The van der Waals surface area contributed by atoms with Gasteiger partial charge in [-0.3, -0.25) is 4.79 Å². The molecule has 9 heteroatoms. The highest BCUT2D eigenvalue weighted by molar-refractivity contribution is 5.86. The number of phenols is 1. The molecule has 2 aliphatic rings. The minimum Gasteiger partial charge on any atom is -0.507 e. The third kappa shape index (κ3) is 10.2. The summed E-state index contributed by atoms with van der Waals surface area (Å²) in [5.41, 5.74) is 15.6. The van der Waals surface area contributed by atoms with Crippen LogP contribution in [0.1, 0.15) is 48.8 Å². The molecule has 2 aromatic rings. The second-order valence-corrected chi connectivity index (χ2v) is 9.68. The summed E-state index contributed by atoms with van der Waals surface area (Å²) >= 11 is 0. The zero-order chi connectivity index (χ0) is 27.9. The fourth-order valence-electron chi connectivity index (χ4n) is 4.29. The summed E-state index contributed by atoms with van der Waals surface area (Å²) < 4.78 is 5.07. The number of phenolic OH excluding ortho intramolecular Hbond substituents is 1. The van der Waals surface area contributed by atoms with Gasteiger partial charge in [-0.15, -0.1) is 0 Å². The topological polar surface area (TPSA) is 133 Å². The fraction of sp³-hybridized carbons (Fsp3) is 0.483. The van der Waals surface area contributed by atoms with E-state index in [1.54, 1.807) is 25.2 Å². The number of hydrogen-bond acceptors (Lipinski definition) is 7. The number of nitrogen functional groups attached to an aromatic ring is 1. The van der Waals surface area contributed by atoms with E-state index in [0.717, 1.165) is 57.1 Å². The number of amides is 1. The number of carbonyl (C=O) groups is 1. The maximum absolute atomic E-state index is 10.0. The number of benzene rings is 1. The van der Waals surface area contributed by atoms with Gasteiger partial charge in [0.25, 0.3) is 0 Å². The largest absolute Gasteiger partial charge is 0.507 e. The third-order valence-corrected chi connectivity index (χ3v) is 6.67. The van der Waals surface area contributed by atoms with Gasteiger partial charge in [-0.05, 0) is 62.1 Å². The van der Waals surface area contributed by atoms with Gasteiger partial charge in [0.05, 0.1) is 0 Å². The summed E-state index contributed by atoms with van der Waals surface area (Å²) in [5.74, 6) is 0.955. The van der Waals surface area contributed by atoms with E-state index in [2.05, 4.69) is 40.7 Å². The molecule has 3 heterocycles. The lowest BCUT2D eigenvalue weighted by molar-refractivity contribution is -0.116. The molecule has 2 saturated heterocycles. The molecule has 0 aliphatic carbocycles. The van der Waals surface area contributed by atoms with Gasteiger partial charge in [-0.1, -0.05) is 25.6 Å². The van der Waals surface area contributed by atoms with Crippen LogP contribution >= 0.6 is 0 Å². The number of aromatic hydroxyl groups is 1. The van der Waals surface area contributed by atoms with E-state index in [1.165, 1.54) is 25.3 Å². The summed E-state index contributed by atoms with van der Waals surface area (Å²) in [7, 11) is 3.72. The molecule has 0 radical (unpaired) electrons. The summed E-state index contributed by atoms with van der Waals surface area (Å²) in [4.78, 5) is 17.9. The van der Waals surface area contributed by atoms with Crippen LogP contribution in [-0.2, 0) is 9.53 Å². The van der Waals surface area contributed by atoms with Gasteiger partial charge in [0.2, 0.25) is 5.91 Å². The number of anilines is 1. The zero-order valence-electron chi connectivity index (χ0n) is 23.2. The maximum Gasteiger partial charge on any atom is 0.243 e. The Labute approximate surface area is 227 Å². The number of nitrogens with zero attached hydrogens (tertiary/aromatic N) is 2. The molecule has 2 aliphatic heterocycles. The Kier molecular flexibility index (Phi) is 13.5. The number of H-pyrrole nitrogens is 1. The predicted octanol–water partition coefficient (Wildman–Crippen LogP) is 3.22. The normalized spacial score (nSPS) is 17.3. The molecule has 2 fully saturated rings. The van der Waals surface area contributed by atoms with Crippen molar-refractivity contribution in [1.29, 1.82) is 0 Å². The number of ether oxygens (including phenoxy) is 1. The Hall–Kier alpha value is -3.27. The lowest BCUT2D eigenvalue weighted by atomic mass is 9.97. The highest BCUT2D eigenvalue weighted by Gasteiger charge is 2.20. The molecule has 210 valence electrons. The van der Waals surface area contributed by atoms with Gasteiger partial charge < -0.3 is 41.4 Å². The van der Waals surface area contributed by atoms with Crippen LogP contribution in [0.25, 0.3) is 11.8 Å². The molecule has 1 aromatic heterocycles. The Bertz CT molecular complexity index is 1010. The lowest BCUT2D eigenvalue weighted by Gasteiger charge is -2.34. The molecule has 0 saturated carbocycles. The van der Waals surface area contributed by atoms with E-state index in [9.17, 15) is 9.90 Å². The monoisotopic (exact) mass is 526 g/mol. The lowest BCUT2D eigenvalue weighted by Crippen LogP contribution is -2.45. The highest BCUT2D eigenvalue weighted by Crippen LogP contribution is 2.30. The zero-order valence-corrected chi connectivity index (χ0v) is 23.2.